The minimum atomic E-state index is -0.174. The Morgan fingerprint density at radius 2 is 2.16 bits per heavy atom. The first-order valence-corrected chi connectivity index (χ1v) is 8.27. The number of hydrogen-bond donors (Lipinski definition) is 1. The van der Waals surface area contributed by atoms with E-state index in [4.69, 9.17) is 9.57 Å². The lowest BCUT2D eigenvalue weighted by molar-refractivity contribution is -0.150. The smallest absolute Gasteiger partial charge is 0.260 e. The maximum absolute atomic E-state index is 12.4. The fraction of sp³-hybridized carbons (Fsp3) is 0.333. The zero-order valence-corrected chi connectivity index (χ0v) is 14.1. The summed E-state index contributed by atoms with van der Waals surface area (Å²) in [6.45, 7) is 2.79. The monoisotopic (exact) mass is 340 g/mol. The van der Waals surface area contributed by atoms with Crippen LogP contribution in [0.2, 0.25) is 0 Å². The van der Waals surface area contributed by atoms with E-state index in [0.29, 0.717) is 11.5 Å². The second-order valence-electron chi connectivity index (χ2n) is 6.18. The van der Waals surface area contributed by atoms with E-state index in [0.717, 1.165) is 37.3 Å². The van der Waals surface area contributed by atoms with Gasteiger partial charge in [-0.2, -0.15) is 0 Å². The van der Waals surface area contributed by atoms with Gasteiger partial charge in [0.1, 0.15) is 5.56 Å². The van der Waals surface area contributed by atoms with E-state index < -0.39 is 0 Å². The van der Waals surface area contributed by atoms with Crippen molar-refractivity contribution in [1.29, 1.82) is 0 Å². The summed E-state index contributed by atoms with van der Waals surface area (Å²) in [7, 11) is 1.51. The molecule has 1 aromatic heterocycles. The summed E-state index contributed by atoms with van der Waals surface area (Å²) in [5.41, 5.74) is 3.67. The highest BCUT2D eigenvalue weighted by Gasteiger charge is 2.24. The van der Waals surface area contributed by atoms with Gasteiger partial charge in [-0.15, -0.1) is 10.3 Å². The molecule has 7 heteroatoms. The molecule has 0 bridgehead atoms. The molecular weight excluding hydrogens is 320 g/mol. The summed E-state index contributed by atoms with van der Waals surface area (Å²) in [6.07, 6.45) is 0.829. The van der Waals surface area contributed by atoms with E-state index >= 15 is 0 Å². The third-order valence-corrected chi connectivity index (χ3v) is 4.49. The number of pyridine rings is 1. The number of aromatic amines is 1. The summed E-state index contributed by atoms with van der Waals surface area (Å²) in [5.74, 6) is 0.297. The molecule has 130 valence electrons. The van der Waals surface area contributed by atoms with Gasteiger partial charge in [-0.25, -0.2) is 0 Å². The number of hydrogen-bond acceptors (Lipinski definition) is 6. The van der Waals surface area contributed by atoms with Crippen molar-refractivity contribution in [2.45, 2.75) is 19.5 Å². The average molecular weight is 340 g/mol. The van der Waals surface area contributed by atoms with Gasteiger partial charge >= 0.3 is 0 Å². The molecule has 4 rings (SSSR count). The molecule has 0 aliphatic carbocycles. The first-order valence-electron chi connectivity index (χ1n) is 8.27. The molecule has 3 heterocycles. The maximum Gasteiger partial charge on any atom is 0.260 e. The lowest BCUT2D eigenvalue weighted by Gasteiger charge is -2.28. The Balaban J connectivity index is 1.57. The molecule has 7 nitrogen and oxygen atoms in total. The summed E-state index contributed by atoms with van der Waals surface area (Å²) >= 11 is 0. The van der Waals surface area contributed by atoms with E-state index in [1.165, 1.54) is 17.8 Å². The van der Waals surface area contributed by atoms with Gasteiger partial charge in [0.05, 0.1) is 7.11 Å². The molecule has 0 radical (unpaired) electrons. The van der Waals surface area contributed by atoms with Crippen molar-refractivity contribution in [2.75, 3.05) is 20.4 Å². The Bertz CT molecular complexity index is 847. The standard InChI is InChI=1S/C18H20N4O3/c1-24-22-12-25-18(20-22)15-9-14-11-21(8-7-16(14)19-17(15)23)10-13-5-3-2-4-6-13/h2-6,9H,7-8,10-12H2,1H3,(H,19,23). The van der Waals surface area contributed by atoms with E-state index in [2.05, 4.69) is 39.3 Å². The number of aromatic nitrogens is 1. The molecule has 0 saturated heterocycles. The van der Waals surface area contributed by atoms with Crippen molar-refractivity contribution in [1.82, 2.24) is 15.1 Å². The molecule has 1 aromatic carbocycles. The zero-order chi connectivity index (χ0) is 17.2. The van der Waals surface area contributed by atoms with Crippen LogP contribution in [-0.4, -0.2) is 41.3 Å². The van der Waals surface area contributed by atoms with Crippen LogP contribution < -0.4 is 5.56 Å². The summed E-state index contributed by atoms with van der Waals surface area (Å²) in [4.78, 5) is 22.7. The van der Waals surface area contributed by atoms with Crippen LogP contribution in [0, 0.1) is 0 Å². The number of nitrogens with zero attached hydrogens (tertiary/aromatic N) is 3. The Labute approximate surface area is 145 Å². The van der Waals surface area contributed by atoms with Crippen LogP contribution in [0.25, 0.3) is 0 Å². The summed E-state index contributed by atoms with van der Waals surface area (Å²) < 4.78 is 5.45. The van der Waals surface area contributed by atoms with Crippen LogP contribution in [0.1, 0.15) is 22.4 Å². The number of fused-ring (bicyclic) bond motifs is 1. The summed E-state index contributed by atoms with van der Waals surface area (Å²) in [5, 5.41) is 5.45. The van der Waals surface area contributed by atoms with Crippen LogP contribution >= 0.6 is 0 Å². The first-order chi connectivity index (χ1) is 12.2. The number of ether oxygens (including phenoxy) is 1. The number of hydrazone groups is 1. The number of hydroxylamine groups is 1. The molecule has 0 atom stereocenters. The number of benzene rings is 1. The highest BCUT2D eigenvalue weighted by Crippen LogP contribution is 2.20. The Morgan fingerprint density at radius 3 is 2.92 bits per heavy atom. The van der Waals surface area contributed by atoms with E-state index in [9.17, 15) is 4.79 Å². The molecule has 0 unspecified atom stereocenters. The molecule has 0 spiro atoms. The van der Waals surface area contributed by atoms with Gasteiger partial charge in [-0.3, -0.25) is 14.5 Å². The number of rotatable bonds is 4. The highest BCUT2D eigenvalue weighted by molar-refractivity contribution is 5.94. The minimum Gasteiger partial charge on any atom is -0.451 e. The largest absolute Gasteiger partial charge is 0.451 e. The third-order valence-electron chi connectivity index (χ3n) is 4.49. The second-order valence-corrected chi connectivity index (χ2v) is 6.18. The molecule has 0 amide bonds. The van der Waals surface area contributed by atoms with Gasteiger partial charge in [0, 0.05) is 31.7 Å². The van der Waals surface area contributed by atoms with Crippen LogP contribution in [-0.2, 0) is 29.1 Å². The molecule has 25 heavy (non-hydrogen) atoms. The van der Waals surface area contributed by atoms with Crippen LogP contribution in [0.4, 0.5) is 0 Å². The summed E-state index contributed by atoms with van der Waals surface area (Å²) in [6, 6.07) is 12.3. The van der Waals surface area contributed by atoms with Crippen molar-refractivity contribution in [3.8, 4) is 0 Å². The quantitative estimate of drug-likeness (QED) is 0.912. The molecular formula is C18H20N4O3. The lowest BCUT2D eigenvalue weighted by atomic mass is 10.0. The molecule has 0 saturated carbocycles. The van der Waals surface area contributed by atoms with Gasteiger partial charge in [0.15, 0.2) is 0 Å². The second kappa shape index (κ2) is 6.70. The number of nitrogens with one attached hydrogen (secondary N) is 1. The van der Waals surface area contributed by atoms with Crippen LogP contribution in [0.5, 0.6) is 0 Å². The lowest BCUT2D eigenvalue weighted by Crippen LogP contribution is -2.33. The molecule has 0 fully saturated rings. The fourth-order valence-electron chi connectivity index (χ4n) is 3.20. The normalized spacial score (nSPS) is 17.2. The van der Waals surface area contributed by atoms with Gasteiger partial charge in [0.25, 0.3) is 5.56 Å². The zero-order valence-electron chi connectivity index (χ0n) is 14.1. The topological polar surface area (TPSA) is 70.2 Å². The van der Waals surface area contributed by atoms with Crippen molar-refractivity contribution < 1.29 is 9.57 Å². The molecule has 1 N–H and O–H groups in total. The Kier molecular flexibility index (Phi) is 4.25. The van der Waals surface area contributed by atoms with Gasteiger partial charge in [0.2, 0.25) is 12.6 Å². The van der Waals surface area contributed by atoms with Crippen molar-refractivity contribution >= 4 is 5.90 Å². The SMILES string of the molecule is CON1COC(c2cc3c([nH]c2=O)CCN(Cc2ccccc2)C3)=N1. The van der Waals surface area contributed by atoms with Crippen molar-refractivity contribution in [3.63, 3.8) is 0 Å². The number of H-pyrrole nitrogens is 1. The predicted molar refractivity (Wildman–Crippen MR) is 92.7 cm³/mol. The molecule has 2 aliphatic rings. The van der Waals surface area contributed by atoms with Crippen LogP contribution in [0.15, 0.2) is 46.3 Å². The fourth-order valence-corrected chi connectivity index (χ4v) is 3.20. The Morgan fingerprint density at radius 1 is 1.32 bits per heavy atom. The maximum atomic E-state index is 12.4. The van der Waals surface area contributed by atoms with E-state index in [1.54, 1.807) is 0 Å². The minimum absolute atomic E-state index is 0.174. The Hall–Kier alpha value is -2.64. The molecule has 2 aliphatic heterocycles. The predicted octanol–water partition coefficient (Wildman–Crippen LogP) is 1.45. The van der Waals surface area contributed by atoms with E-state index in [-0.39, 0.29) is 12.3 Å². The first kappa shape index (κ1) is 15.9. The molecule has 2 aromatic rings. The van der Waals surface area contributed by atoms with Gasteiger partial charge in [-0.1, -0.05) is 30.3 Å². The van der Waals surface area contributed by atoms with Crippen LogP contribution in [0.3, 0.4) is 0 Å². The average Bonchev–Trinajstić information content (AvgIpc) is 3.11. The van der Waals surface area contributed by atoms with Crippen molar-refractivity contribution in [2.24, 2.45) is 5.10 Å². The van der Waals surface area contributed by atoms with Gasteiger partial charge < -0.3 is 9.72 Å². The van der Waals surface area contributed by atoms with Crippen molar-refractivity contribution in [3.05, 3.63) is 69.1 Å². The third kappa shape index (κ3) is 3.29. The van der Waals surface area contributed by atoms with Gasteiger partial charge in [-0.05, 0) is 17.2 Å². The highest BCUT2D eigenvalue weighted by atomic mass is 16.7. The van der Waals surface area contributed by atoms with E-state index in [1.807, 2.05) is 12.1 Å².